The first-order chi connectivity index (χ1) is 21.1. The molecule has 0 spiro atoms. The molecule has 0 bridgehead atoms. The Hall–Kier alpha value is -3.99. The van der Waals surface area contributed by atoms with Crippen LogP contribution in [0.4, 0.5) is 29.1 Å². The number of aromatic nitrogens is 1. The Labute approximate surface area is 253 Å². The summed E-state index contributed by atoms with van der Waals surface area (Å²) in [6.45, 7) is 1.18. The second-order valence-corrected chi connectivity index (χ2v) is 11.3. The summed E-state index contributed by atoms with van der Waals surface area (Å²) in [5.74, 6) is -0.487. The first-order valence-electron chi connectivity index (χ1n) is 15.0. The van der Waals surface area contributed by atoms with Crippen LogP contribution in [0, 0.1) is 11.7 Å². The van der Waals surface area contributed by atoms with Crippen LogP contribution in [0.2, 0.25) is 0 Å². The van der Waals surface area contributed by atoms with Gasteiger partial charge in [0.25, 0.3) is 0 Å². The van der Waals surface area contributed by atoms with Crippen molar-refractivity contribution in [2.45, 2.75) is 69.9 Å². The van der Waals surface area contributed by atoms with Crippen LogP contribution >= 0.6 is 0 Å². The van der Waals surface area contributed by atoms with Gasteiger partial charge in [0.05, 0.1) is 5.56 Å². The maximum absolute atomic E-state index is 14.8. The molecule has 11 heteroatoms. The number of halogens is 4. The molecule has 234 valence electrons. The third kappa shape index (κ3) is 9.01. The van der Waals surface area contributed by atoms with Gasteiger partial charge >= 0.3 is 6.18 Å². The van der Waals surface area contributed by atoms with Crippen LogP contribution in [0.15, 0.2) is 54.7 Å². The van der Waals surface area contributed by atoms with Gasteiger partial charge in [0.2, 0.25) is 11.8 Å². The normalized spacial score (nSPS) is 16.1. The molecule has 1 saturated heterocycles. The van der Waals surface area contributed by atoms with Crippen LogP contribution in [0.25, 0.3) is 0 Å². The van der Waals surface area contributed by atoms with Gasteiger partial charge in [-0.2, -0.15) is 13.2 Å². The number of alkyl halides is 3. The Balaban J connectivity index is 1.15. The molecule has 2 fully saturated rings. The van der Waals surface area contributed by atoms with E-state index in [2.05, 4.69) is 15.6 Å². The molecule has 1 saturated carbocycles. The number of nitrogens with one attached hydrogen (secondary N) is 2. The van der Waals surface area contributed by atoms with Gasteiger partial charge in [0.1, 0.15) is 11.6 Å². The summed E-state index contributed by atoms with van der Waals surface area (Å²) in [5.41, 5.74) is 0.551. The zero-order chi connectivity index (χ0) is 31.1. The second kappa shape index (κ2) is 14.2. The van der Waals surface area contributed by atoms with E-state index >= 15 is 0 Å². The number of carbonyl (C=O) groups is 2. The number of carbonyl (C=O) groups excluding carboxylic acids is 2. The first-order valence-corrected chi connectivity index (χ1v) is 15.0. The van der Waals surface area contributed by atoms with Crippen molar-refractivity contribution in [3.8, 4) is 11.5 Å². The number of anilines is 2. The number of amides is 2. The summed E-state index contributed by atoms with van der Waals surface area (Å²) >= 11 is 0. The van der Waals surface area contributed by atoms with Crippen LogP contribution in [0.1, 0.15) is 74.0 Å². The number of aryl methyl sites for hydroxylation is 1. The smallest absolute Gasteiger partial charge is 0.416 e. The Bertz CT molecular complexity index is 1470. The SMILES string of the molecule is O=C(CCCc1ccc(Oc2ccnc(NC(=O)C3CC3)c2)c(F)c1)Nc1cc(C2CCCOCCC2)cc(C(F)(F)F)c1. The lowest BCUT2D eigenvalue weighted by Crippen LogP contribution is -2.15. The molecule has 1 aromatic heterocycles. The Kier molecular flexibility index (Phi) is 10.1. The van der Waals surface area contributed by atoms with Gasteiger partial charge in [-0.15, -0.1) is 0 Å². The van der Waals surface area contributed by atoms with Gasteiger partial charge in [0, 0.05) is 43.5 Å². The lowest BCUT2D eigenvalue weighted by Gasteiger charge is -2.22. The number of hydrogen-bond donors (Lipinski definition) is 2. The summed E-state index contributed by atoms with van der Waals surface area (Å²) in [6.07, 6.45) is 2.42. The number of hydrogen-bond acceptors (Lipinski definition) is 5. The van der Waals surface area contributed by atoms with E-state index in [1.54, 1.807) is 18.2 Å². The Morgan fingerprint density at radius 3 is 2.43 bits per heavy atom. The number of pyridine rings is 1. The molecule has 0 unspecified atom stereocenters. The number of ether oxygens (including phenoxy) is 2. The van der Waals surface area contributed by atoms with E-state index in [-0.39, 0.29) is 35.6 Å². The highest BCUT2D eigenvalue weighted by Gasteiger charge is 2.32. The molecule has 2 heterocycles. The molecule has 7 nitrogen and oxygen atoms in total. The van der Waals surface area contributed by atoms with Crippen molar-refractivity contribution in [3.05, 3.63) is 77.2 Å². The summed E-state index contributed by atoms with van der Waals surface area (Å²) in [4.78, 5) is 28.8. The maximum Gasteiger partial charge on any atom is 0.416 e. The molecule has 1 aliphatic carbocycles. The molecule has 0 atom stereocenters. The van der Waals surface area contributed by atoms with Crippen LogP contribution in [-0.2, 0) is 26.9 Å². The van der Waals surface area contributed by atoms with Crippen LogP contribution in [-0.4, -0.2) is 30.0 Å². The minimum Gasteiger partial charge on any atom is -0.454 e. The Morgan fingerprint density at radius 2 is 1.73 bits per heavy atom. The quantitative estimate of drug-likeness (QED) is 0.226. The van der Waals surface area contributed by atoms with Crippen molar-refractivity contribution in [1.29, 1.82) is 0 Å². The largest absolute Gasteiger partial charge is 0.454 e. The lowest BCUT2D eigenvalue weighted by atomic mass is 9.88. The standard InChI is InChI=1S/C33H35F4N3O4/c34-28-16-21(8-11-29(28)44-27-12-13-38-30(20-27)40-32(42)23-9-10-23)4-1-7-31(41)39-26-18-24(17-25(19-26)33(35,36)37)22-5-2-14-43-15-3-6-22/h8,11-13,16-20,22-23H,1-7,9-10,14-15H2,(H,39,41)(H,38,40,42). The van der Waals surface area contributed by atoms with E-state index in [0.29, 0.717) is 48.7 Å². The number of rotatable bonds is 10. The van der Waals surface area contributed by atoms with Gasteiger partial charge in [-0.3, -0.25) is 9.59 Å². The molecular weight excluding hydrogens is 578 g/mol. The van der Waals surface area contributed by atoms with Crippen LogP contribution < -0.4 is 15.4 Å². The van der Waals surface area contributed by atoms with E-state index in [0.717, 1.165) is 44.6 Å². The van der Waals surface area contributed by atoms with Gasteiger partial charge in [-0.05, 0) is 105 Å². The van der Waals surface area contributed by atoms with Gasteiger partial charge < -0.3 is 20.1 Å². The predicted octanol–water partition coefficient (Wildman–Crippen LogP) is 8.02. The minimum absolute atomic E-state index is 0.00525. The fraction of sp³-hybridized carbons (Fsp3) is 0.424. The highest BCUT2D eigenvalue weighted by molar-refractivity contribution is 5.93. The van der Waals surface area contributed by atoms with Gasteiger partial charge in [-0.25, -0.2) is 9.37 Å². The van der Waals surface area contributed by atoms with Crippen LogP contribution in [0.5, 0.6) is 11.5 Å². The molecule has 3 aromatic rings. The van der Waals surface area contributed by atoms with Gasteiger partial charge in [0.15, 0.2) is 11.6 Å². The fourth-order valence-corrected chi connectivity index (χ4v) is 5.27. The molecular formula is C33H35F4N3O4. The van der Waals surface area contributed by atoms with Crippen molar-refractivity contribution in [3.63, 3.8) is 0 Å². The predicted molar refractivity (Wildman–Crippen MR) is 157 cm³/mol. The van der Waals surface area contributed by atoms with E-state index in [1.807, 2.05) is 0 Å². The topological polar surface area (TPSA) is 89.5 Å². The number of benzene rings is 2. The fourth-order valence-electron chi connectivity index (χ4n) is 5.27. The van der Waals surface area contributed by atoms with Crippen molar-refractivity contribution < 1.29 is 36.6 Å². The second-order valence-electron chi connectivity index (χ2n) is 11.3. The molecule has 0 radical (unpaired) electrons. The molecule has 44 heavy (non-hydrogen) atoms. The summed E-state index contributed by atoms with van der Waals surface area (Å²) in [5, 5.41) is 5.35. The van der Waals surface area contributed by atoms with Gasteiger partial charge in [-0.1, -0.05) is 6.07 Å². The van der Waals surface area contributed by atoms with E-state index in [9.17, 15) is 27.2 Å². The van der Waals surface area contributed by atoms with E-state index < -0.39 is 23.5 Å². The first kappa shape index (κ1) is 31.4. The average Bonchev–Trinajstić information content (AvgIpc) is 3.80. The summed E-state index contributed by atoms with van der Waals surface area (Å²) in [6, 6.07) is 11.4. The van der Waals surface area contributed by atoms with Crippen molar-refractivity contribution in [1.82, 2.24) is 4.98 Å². The summed E-state index contributed by atoms with van der Waals surface area (Å²) in [7, 11) is 0. The highest BCUT2D eigenvalue weighted by Crippen LogP contribution is 2.37. The summed E-state index contributed by atoms with van der Waals surface area (Å²) < 4.78 is 67.0. The zero-order valence-corrected chi connectivity index (χ0v) is 24.2. The molecule has 5 rings (SSSR count). The van der Waals surface area contributed by atoms with E-state index in [4.69, 9.17) is 9.47 Å². The Morgan fingerprint density at radius 1 is 0.955 bits per heavy atom. The lowest BCUT2D eigenvalue weighted by molar-refractivity contribution is -0.137. The van der Waals surface area contributed by atoms with E-state index in [1.165, 1.54) is 30.5 Å². The molecule has 2 N–H and O–H groups in total. The molecule has 2 aromatic carbocycles. The van der Waals surface area contributed by atoms with Crippen molar-refractivity contribution >= 4 is 23.3 Å². The molecule has 2 aliphatic rings. The highest BCUT2D eigenvalue weighted by atomic mass is 19.4. The monoisotopic (exact) mass is 613 g/mol. The average molecular weight is 614 g/mol. The maximum atomic E-state index is 14.8. The van der Waals surface area contributed by atoms with Crippen molar-refractivity contribution in [2.24, 2.45) is 5.92 Å². The third-order valence-corrected chi connectivity index (χ3v) is 7.74. The zero-order valence-electron chi connectivity index (χ0n) is 24.2. The third-order valence-electron chi connectivity index (χ3n) is 7.74. The van der Waals surface area contributed by atoms with Crippen molar-refractivity contribution in [2.75, 3.05) is 23.8 Å². The minimum atomic E-state index is -4.54. The molecule has 1 aliphatic heterocycles. The van der Waals surface area contributed by atoms with Crippen LogP contribution in [0.3, 0.4) is 0 Å². The number of nitrogens with zero attached hydrogens (tertiary/aromatic N) is 1. The molecule has 2 amide bonds.